The molecule has 66 valence electrons. The van der Waals surface area contributed by atoms with Crippen molar-refractivity contribution >= 4 is 5.78 Å². The number of carbonyl (C=O) groups excluding carboxylic acids is 1. The summed E-state index contributed by atoms with van der Waals surface area (Å²) in [5.74, 6) is -0.00940. The Morgan fingerprint density at radius 3 is 3.08 bits per heavy atom. The molecular formula is C10H9NO2. The molecule has 0 unspecified atom stereocenters. The van der Waals surface area contributed by atoms with E-state index in [4.69, 9.17) is 0 Å². The van der Waals surface area contributed by atoms with E-state index in [1.54, 1.807) is 19.2 Å². The van der Waals surface area contributed by atoms with Crippen LogP contribution in [-0.2, 0) is 6.42 Å². The Kier molecular flexibility index (Phi) is 1.65. The van der Waals surface area contributed by atoms with Crippen molar-refractivity contribution in [3.8, 4) is 0 Å². The number of aliphatic hydroxyl groups excluding tert-OH is 1. The molecule has 13 heavy (non-hydrogen) atoms. The third-order valence-corrected chi connectivity index (χ3v) is 2.24. The van der Waals surface area contributed by atoms with Crippen molar-refractivity contribution in [3.05, 3.63) is 40.9 Å². The molecule has 0 amide bonds. The maximum absolute atomic E-state index is 11.5. The number of hydrogen-bond donors (Lipinski definition) is 1. The first kappa shape index (κ1) is 7.98. The van der Waals surface area contributed by atoms with E-state index in [1.165, 1.54) is 0 Å². The fourth-order valence-electron chi connectivity index (χ4n) is 1.41. The fourth-order valence-corrected chi connectivity index (χ4v) is 1.41. The first-order valence-electron chi connectivity index (χ1n) is 4.07. The van der Waals surface area contributed by atoms with E-state index in [2.05, 4.69) is 4.98 Å². The van der Waals surface area contributed by atoms with Gasteiger partial charge in [-0.1, -0.05) is 6.07 Å². The van der Waals surface area contributed by atoms with Gasteiger partial charge in [-0.2, -0.15) is 0 Å². The first-order chi connectivity index (χ1) is 6.20. The number of aromatic nitrogens is 1. The summed E-state index contributed by atoms with van der Waals surface area (Å²) in [5.41, 5.74) is 1.68. The number of allylic oxidation sites excluding steroid dienone is 2. The Bertz CT molecular complexity index is 407. The topological polar surface area (TPSA) is 50.2 Å². The van der Waals surface area contributed by atoms with Crippen LogP contribution in [-0.4, -0.2) is 15.9 Å². The van der Waals surface area contributed by atoms with Crippen LogP contribution in [0.5, 0.6) is 0 Å². The zero-order valence-corrected chi connectivity index (χ0v) is 7.24. The lowest BCUT2D eigenvalue weighted by Crippen LogP contribution is -2.16. The number of carbonyl (C=O) groups is 1. The molecule has 0 aliphatic heterocycles. The minimum Gasteiger partial charge on any atom is -0.512 e. The van der Waals surface area contributed by atoms with Crippen LogP contribution < -0.4 is 0 Å². The quantitative estimate of drug-likeness (QED) is 0.652. The molecule has 3 heteroatoms. The van der Waals surface area contributed by atoms with Crippen molar-refractivity contribution in [1.29, 1.82) is 0 Å². The molecule has 1 heterocycles. The summed E-state index contributed by atoms with van der Waals surface area (Å²) in [6.07, 6.45) is 2.01. The van der Waals surface area contributed by atoms with E-state index >= 15 is 0 Å². The minimum atomic E-state index is -0.167. The molecule has 2 rings (SSSR count). The third kappa shape index (κ3) is 1.13. The van der Waals surface area contributed by atoms with E-state index in [1.807, 2.05) is 6.07 Å². The average molecular weight is 175 g/mol. The van der Waals surface area contributed by atoms with Crippen molar-refractivity contribution in [2.24, 2.45) is 0 Å². The molecule has 0 radical (unpaired) electrons. The Hall–Kier alpha value is -1.64. The average Bonchev–Trinajstić information content (AvgIpc) is 2.15. The molecule has 0 saturated carbocycles. The Balaban J connectivity index is 2.59. The number of pyridine rings is 1. The van der Waals surface area contributed by atoms with Gasteiger partial charge in [0.05, 0.1) is 0 Å². The van der Waals surface area contributed by atoms with Crippen molar-refractivity contribution in [3.63, 3.8) is 0 Å². The number of rotatable bonds is 0. The van der Waals surface area contributed by atoms with Crippen LogP contribution in [0.2, 0.25) is 0 Å². The van der Waals surface area contributed by atoms with E-state index in [0.29, 0.717) is 17.7 Å². The summed E-state index contributed by atoms with van der Waals surface area (Å²) in [4.78, 5) is 15.5. The minimum absolute atomic E-state index is 0.158. The molecule has 1 aliphatic carbocycles. The Morgan fingerprint density at radius 2 is 2.31 bits per heavy atom. The van der Waals surface area contributed by atoms with Gasteiger partial charge in [0.15, 0.2) is 0 Å². The molecule has 0 bridgehead atoms. The highest BCUT2D eigenvalue weighted by molar-refractivity contribution is 6.09. The van der Waals surface area contributed by atoms with Gasteiger partial charge in [-0.3, -0.25) is 9.78 Å². The molecule has 0 spiro atoms. The maximum Gasteiger partial charge on any atom is 0.210 e. The number of ketones is 1. The molecule has 1 aromatic rings. The Morgan fingerprint density at radius 1 is 1.54 bits per heavy atom. The second-order valence-corrected chi connectivity index (χ2v) is 3.09. The van der Waals surface area contributed by atoms with Crippen LogP contribution in [0.4, 0.5) is 0 Å². The number of aliphatic hydroxyl groups is 1. The molecule has 3 nitrogen and oxygen atoms in total. The smallest absolute Gasteiger partial charge is 0.210 e. The highest BCUT2D eigenvalue weighted by atomic mass is 16.3. The molecule has 0 aromatic carbocycles. The van der Waals surface area contributed by atoms with Crippen molar-refractivity contribution in [2.45, 2.75) is 13.3 Å². The van der Waals surface area contributed by atoms with Gasteiger partial charge in [-0.15, -0.1) is 0 Å². The second kappa shape index (κ2) is 2.69. The predicted octanol–water partition coefficient (Wildman–Crippen LogP) is 1.65. The summed E-state index contributed by atoms with van der Waals surface area (Å²) in [5, 5.41) is 9.43. The lowest BCUT2D eigenvalue weighted by molar-refractivity contribution is 0.101. The summed E-state index contributed by atoms with van der Waals surface area (Å²) in [6.45, 7) is 1.62. The predicted molar refractivity (Wildman–Crippen MR) is 47.6 cm³/mol. The van der Waals surface area contributed by atoms with Gasteiger partial charge in [0.2, 0.25) is 5.78 Å². The van der Waals surface area contributed by atoms with Crippen LogP contribution in [0.1, 0.15) is 23.0 Å². The van der Waals surface area contributed by atoms with E-state index in [0.717, 1.165) is 5.56 Å². The van der Waals surface area contributed by atoms with Gasteiger partial charge in [0.25, 0.3) is 0 Å². The summed E-state index contributed by atoms with van der Waals surface area (Å²) in [7, 11) is 0. The number of fused-ring (bicyclic) bond motifs is 1. The lowest BCUT2D eigenvalue weighted by atomic mass is 9.94. The van der Waals surface area contributed by atoms with Gasteiger partial charge in [-0.05, 0) is 18.6 Å². The number of hydrogen-bond acceptors (Lipinski definition) is 3. The van der Waals surface area contributed by atoms with E-state index in [-0.39, 0.29) is 11.5 Å². The largest absolute Gasteiger partial charge is 0.512 e. The zero-order valence-electron chi connectivity index (χ0n) is 7.24. The number of nitrogens with zero attached hydrogens (tertiary/aromatic N) is 1. The normalized spacial score (nSPS) is 15.9. The highest BCUT2D eigenvalue weighted by Gasteiger charge is 2.23. The second-order valence-electron chi connectivity index (χ2n) is 3.09. The highest BCUT2D eigenvalue weighted by Crippen LogP contribution is 2.22. The standard InChI is InChI=1S/C10H9NO2/c1-6-8(12)5-7-3-2-4-11-9(7)10(6)13/h2-4,12H,5H2,1H3. The lowest BCUT2D eigenvalue weighted by Gasteiger charge is -2.14. The van der Waals surface area contributed by atoms with Crippen LogP contribution in [0.25, 0.3) is 0 Å². The summed E-state index contributed by atoms with van der Waals surface area (Å²) in [6, 6.07) is 3.57. The molecule has 1 N–H and O–H groups in total. The first-order valence-corrected chi connectivity index (χ1v) is 4.07. The van der Waals surface area contributed by atoms with Gasteiger partial charge >= 0.3 is 0 Å². The SMILES string of the molecule is CC1=C(O)Cc2cccnc2C1=O. The van der Waals surface area contributed by atoms with Crippen LogP contribution >= 0.6 is 0 Å². The molecule has 0 fully saturated rings. The van der Waals surface area contributed by atoms with E-state index in [9.17, 15) is 9.90 Å². The number of Topliss-reactive ketones (excluding diaryl/α,β-unsaturated/α-hetero) is 1. The van der Waals surface area contributed by atoms with Crippen LogP contribution in [0, 0.1) is 0 Å². The third-order valence-electron chi connectivity index (χ3n) is 2.24. The molecule has 0 saturated heterocycles. The van der Waals surface area contributed by atoms with Crippen molar-refractivity contribution < 1.29 is 9.90 Å². The Labute approximate surface area is 75.7 Å². The monoisotopic (exact) mass is 175 g/mol. The van der Waals surface area contributed by atoms with Crippen LogP contribution in [0.3, 0.4) is 0 Å². The van der Waals surface area contributed by atoms with E-state index < -0.39 is 0 Å². The maximum atomic E-state index is 11.5. The van der Waals surface area contributed by atoms with Gasteiger partial charge in [0.1, 0.15) is 11.5 Å². The van der Waals surface area contributed by atoms with Crippen molar-refractivity contribution in [2.75, 3.05) is 0 Å². The van der Waals surface area contributed by atoms with Crippen LogP contribution in [0.15, 0.2) is 29.7 Å². The van der Waals surface area contributed by atoms with Gasteiger partial charge in [0, 0.05) is 18.2 Å². The van der Waals surface area contributed by atoms with Gasteiger partial charge in [-0.25, -0.2) is 0 Å². The van der Waals surface area contributed by atoms with Gasteiger partial charge < -0.3 is 5.11 Å². The zero-order chi connectivity index (χ0) is 9.42. The summed E-state index contributed by atoms with van der Waals surface area (Å²) < 4.78 is 0. The molecule has 0 atom stereocenters. The van der Waals surface area contributed by atoms with Crippen molar-refractivity contribution in [1.82, 2.24) is 4.98 Å². The molecule has 1 aliphatic rings. The molecule has 1 aromatic heterocycles. The summed E-state index contributed by atoms with van der Waals surface area (Å²) >= 11 is 0. The molecular weight excluding hydrogens is 166 g/mol. The fraction of sp³-hybridized carbons (Fsp3) is 0.200.